The topological polar surface area (TPSA) is 103 Å². The van der Waals surface area contributed by atoms with Gasteiger partial charge in [-0.05, 0) is 24.3 Å². The minimum absolute atomic E-state index is 0.152. The number of amides is 1. The van der Waals surface area contributed by atoms with E-state index in [0.717, 1.165) is 0 Å². The van der Waals surface area contributed by atoms with Crippen molar-refractivity contribution in [3.63, 3.8) is 0 Å². The van der Waals surface area contributed by atoms with Crippen LogP contribution < -0.4 is 20.1 Å². The summed E-state index contributed by atoms with van der Waals surface area (Å²) in [6.07, 6.45) is 0. The molecule has 0 saturated heterocycles. The summed E-state index contributed by atoms with van der Waals surface area (Å²) in [6, 6.07) is 11.4. The molecule has 0 fully saturated rings. The second kappa shape index (κ2) is 8.53. The largest absolute Gasteiger partial charge is 0.493 e. The normalized spacial score (nSPS) is 10.0. The molecule has 2 N–H and O–H groups in total. The first kappa shape index (κ1) is 18.1. The van der Waals surface area contributed by atoms with Gasteiger partial charge in [0.15, 0.2) is 11.5 Å². The standard InChI is InChI=1S/C17H19N3O5/c1-18-13-8-7-12(11-14(13)20(22)23)17(21)19-9-10-25-16-6-4-3-5-15(16)24-2/h3-8,11,18H,9-10H2,1-2H3,(H,19,21). The second-order valence-corrected chi connectivity index (χ2v) is 4.99. The van der Waals surface area contributed by atoms with Crippen LogP contribution in [-0.4, -0.2) is 38.1 Å². The van der Waals surface area contributed by atoms with Crippen molar-refractivity contribution in [2.45, 2.75) is 0 Å². The minimum Gasteiger partial charge on any atom is -0.493 e. The fraction of sp³-hybridized carbons (Fsp3) is 0.235. The molecule has 0 bridgehead atoms. The van der Waals surface area contributed by atoms with Gasteiger partial charge in [-0.15, -0.1) is 0 Å². The smallest absolute Gasteiger partial charge is 0.293 e. The molecular weight excluding hydrogens is 326 g/mol. The number of benzene rings is 2. The number of hydrogen-bond donors (Lipinski definition) is 2. The lowest BCUT2D eigenvalue weighted by Crippen LogP contribution is -2.28. The van der Waals surface area contributed by atoms with Crippen molar-refractivity contribution in [2.75, 3.05) is 32.6 Å². The van der Waals surface area contributed by atoms with Crippen molar-refractivity contribution in [2.24, 2.45) is 0 Å². The van der Waals surface area contributed by atoms with Gasteiger partial charge in [0, 0.05) is 18.7 Å². The van der Waals surface area contributed by atoms with E-state index in [-0.39, 0.29) is 24.4 Å². The van der Waals surface area contributed by atoms with Gasteiger partial charge in [-0.1, -0.05) is 12.1 Å². The maximum atomic E-state index is 12.1. The van der Waals surface area contributed by atoms with Crippen LogP contribution >= 0.6 is 0 Å². The highest BCUT2D eigenvalue weighted by atomic mass is 16.6. The number of anilines is 1. The average molecular weight is 345 g/mol. The van der Waals surface area contributed by atoms with E-state index in [0.29, 0.717) is 17.2 Å². The van der Waals surface area contributed by atoms with E-state index in [2.05, 4.69) is 10.6 Å². The molecule has 0 radical (unpaired) electrons. The predicted molar refractivity (Wildman–Crippen MR) is 93.5 cm³/mol. The summed E-state index contributed by atoms with van der Waals surface area (Å²) in [4.78, 5) is 22.6. The van der Waals surface area contributed by atoms with Gasteiger partial charge in [0.2, 0.25) is 0 Å². The number of nitro groups is 1. The number of rotatable bonds is 8. The van der Waals surface area contributed by atoms with Gasteiger partial charge < -0.3 is 20.1 Å². The molecule has 2 aromatic carbocycles. The van der Waals surface area contributed by atoms with Gasteiger partial charge in [0.1, 0.15) is 12.3 Å². The second-order valence-electron chi connectivity index (χ2n) is 4.99. The molecule has 8 heteroatoms. The van der Waals surface area contributed by atoms with Crippen molar-refractivity contribution in [1.82, 2.24) is 5.32 Å². The van der Waals surface area contributed by atoms with Crippen molar-refractivity contribution < 1.29 is 19.2 Å². The monoisotopic (exact) mass is 345 g/mol. The van der Waals surface area contributed by atoms with Crippen LogP contribution in [0.1, 0.15) is 10.4 Å². The molecule has 0 aromatic heterocycles. The lowest BCUT2D eigenvalue weighted by molar-refractivity contribution is -0.384. The third-order valence-electron chi connectivity index (χ3n) is 3.44. The first-order valence-electron chi connectivity index (χ1n) is 7.57. The van der Waals surface area contributed by atoms with Crippen molar-refractivity contribution in [1.29, 1.82) is 0 Å². The van der Waals surface area contributed by atoms with Gasteiger partial charge in [0.25, 0.3) is 11.6 Å². The summed E-state index contributed by atoms with van der Waals surface area (Å²) in [5.74, 6) is 0.773. The molecule has 2 rings (SSSR count). The summed E-state index contributed by atoms with van der Waals surface area (Å²) in [5, 5.41) is 16.4. The number of ether oxygens (including phenoxy) is 2. The highest BCUT2D eigenvalue weighted by molar-refractivity contribution is 5.95. The van der Waals surface area contributed by atoms with Crippen molar-refractivity contribution in [3.8, 4) is 11.5 Å². The Bertz CT molecular complexity index is 764. The van der Waals surface area contributed by atoms with E-state index in [1.54, 1.807) is 26.3 Å². The van der Waals surface area contributed by atoms with Crippen LogP contribution in [0.5, 0.6) is 11.5 Å². The van der Waals surface area contributed by atoms with Crippen molar-refractivity contribution >= 4 is 17.3 Å². The summed E-state index contributed by atoms with van der Waals surface area (Å²) >= 11 is 0. The van der Waals surface area contributed by atoms with Crippen LogP contribution in [0.4, 0.5) is 11.4 Å². The first-order chi connectivity index (χ1) is 12.1. The zero-order valence-corrected chi connectivity index (χ0v) is 13.9. The lowest BCUT2D eigenvalue weighted by Gasteiger charge is -2.11. The Morgan fingerprint density at radius 1 is 1.20 bits per heavy atom. The number of carbonyl (C=O) groups is 1. The lowest BCUT2D eigenvalue weighted by atomic mass is 10.1. The molecule has 0 saturated carbocycles. The van der Waals surface area contributed by atoms with Crippen molar-refractivity contribution in [3.05, 3.63) is 58.1 Å². The van der Waals surface area contributed by atoms with Crippen LogP contribution in [0.3, 0.4) is 0 Å². The number of hydrogen-bond acceptors (Lipinski definition) is 6. The zero-order valence-electron chi connectivity index (χ0n) is 13.9. The van der Waals surface area contributed by atoms with Gasteiger partial charge in [-0.25, -0.2) is 0 Å². The van der Waals surface area contributed by atoms with E-state index < -0.39 is 10.8 Å². The summed E-state index contributed by atoms with van der Waals surface area (Å²) < 4.78 is 10.7. The number of carbonyl (C=O) groups excluding carboxylic acids is 1. The van der Waals surface area contributed by atoms with Gasteiger partial charge in [0.05, 0.1) is 18.6 Å². The quantitative estimate of drug-likeness (QED) is 0.433. The third kappa shape index (κ3) is 4.60. The molecule has 0 spiro atoms. The van der Waals surface area contributed by atoms with Crippen LogP contribution in [0, 0.1) is 10.1 Å². The summed E-state index contributed by atoms with van der Waals surface area (Å²) in [7, 11) is 3.13. The summed E-state index contributed by atoms with van der Waals surface area (Å²) in [6.45, 7) is 0.487. The van der Waals surface area contributed by atoms with E-state index in [9.17, 15) is 14.9 Å². The van der Waals surface area contributed by atoms with Crippen LogP contribution in [0.2, 0.25) is 0 Å². The first-order valence-corrected chi connectivity index (χ1v) is 7.57. The zero-order chi connectivity index (χ0) is 18.2. The highest BCUT2D eigenvalue weighted by Crippen LogP contribution is 2.26. The molecular formula is C17H19N3O5. The Morgan fingerprint density at radius 2 is 1.92 bits per heavy atom. The minimum atomic E-state index is -0.534. The molecule has 132 valence electrons. The molecule has 0 aliphatic heterocycles. The molecule has 0 aliphatic carbocycles. The number of methoxy groups -OCH3 is 1. The molecule has 1 amide bonds. The number of para-hydroxylation sites is 2. The third-order valence-corrected chi connectivity index (χ3v) is 3.44. The SMILES string of the molecule is CNc1ccc(C(=O)NCCOc2ccccc2OC)cc1[N+](=O)[O-]. The van der Waals surface area contributed by atoms with Gasteiger partial charge >= 0.3 is 0 Å². The maximum Gasteiger partial charge on any atom is 0.293 e. The molecule has 0 unspecified atom stereocenters. The van der Waals surface area contributed by atoms with Crippen LogP contribution in [-0.2, 0) is 0 Å². The Morgan fingerprint density at radius 3 is 2.56 bits per heavy atom. The highest BCUT2D eigenvalue weighted by Gasteiger charge is 2.16. The van der Waals surface area contributed by atoms with E-state index in [1.807, 2.05) is 12.1 Å². The molecule has 0 atom stereocenters. The Kier molecular flexibility index (Phi) is 6.16. The van der Waals surface area contributed by atoms with Gasteiger partial charge in [-0.2, -0.15) is 0 Å². The summed E-state index contributed by atoms with van der Waals surface area (Å²) in [5.41, 5.74) is 0.407. The molecule has 8 nitrogen and oxygen atoms in total. The average Bonchev–Trinajstić information content (AvgIpc) is 2.64. The fourth-order valence-corrected chi connectivity index (χ4v) is 2.20. The molecule has 0 heterocycles. The Balaban J connectivity index is 1.92. The van der Waals surface area contributed by atoms with Crippen LogP contribution in [0.15, 0.2) is 42.5 Å². The van der Waals surface area contributed by atoms with Gasteiger partial charge in [-0.3, -0.25) is 14.9 Å². The van der Waals surface area contributed by atoms with E-state index in [4.69, 9.17) is 9.47 Å². The molecule has 2 aromatic rings. The maximum absolute atomic E-state index is 12.1. The fourth-order valence-electron chi connectivity index (χ4n) is 2.20. The van der Waals surface area contributed by atoms with E-state index >= 15 is 0 Å². The number of nitrogens with zero attached hydrogens (tertiary/aromatic N) is 1. The van der Waals surface area contributed by atoms with E-state index in [1.165, 1.54) is 18.2 Å². The Labute approximate surface area is 144 Å². The number of nitro benzene ring substituents is 1. The molecule has 25 heavy (non-hydrogen) atoms. The van der Waals surface area contributed by atoms with Crippen LogP contribution in [0.25, 0.3) is 0 Å². The predicted octanol–water partition coefficient (Wildman–Crippen LogP) is 2.45. The molecule has 0 aliphatic rings. The number of nitrogens with one attached hydrogen (secondary N) is 2. The Hall–Kier alpha value is -3.29.